The summed E-state index contributed by atoms with van der Waals surface area (Å²) in [6, 6.07) is 9.11. The molecule has 0 saturated heterocycles. The van der Waals surface area contributed by atoms with Crippen molar-refractivity contribution in [1.29, 1.82) is 0 Å². The van der Waals surface area contributed by atoms with Crippen LogP contribution in [-0.4, -0.2) is 21.9 Å². The normalized spacial score (nSPS) is 10.8. The third-order valence-corrected chi connectivity index (χ3v) is 4.82. The zero-order valence-corrected chi connectivity index (χ0v) is 13.8. The molecular weight excluding hydrogens is 366 g/mol. The van der Waals surface area contributed by atoms with Gasteiger partial charge >= 0.3 is 0 Å². The fraction of sp³-hybridized carbons (Fsp3) is 0.133. The number of rotatable bonds is 5. The molecule has 3 rings (SSSR count). The van der Waals surface area contributed by atoms with Crippen LogP contribution in [0, 0.1) is 0 Å². The van der Waals surface area contributed by atoms with Gasteiger partial charge in [-0.3, -0.25) is 14.7 Å². The van der Waals surface area contributed by atoms with Crippen molar-refractivity contribution in [3.05, 3.63) is 45.2 Å². The number of H-pyrrole nitrogens is 1. The molecule has 0 unspecified atom stereocenters. The molecule has 0 bridgehead atoms. The Hall–Kier alpha value is -1.99. The lowest BCUT2D eigenvalue weighted by Gasteiger charge is -2.04. The van der Waals surface area contributed by atoms with Gasteiger partial charge in [0.2, 0.25) is 5.91 Å². The van der Waals surface area contributed by atoms with Gasteiger partial charge in [-0.15, -0.1) is 11.3 Å². The molecular formula is C15H12BrN3O2S. The number of carbonyl (C=O) groups is 2. The number of hydrogen-bond donors (Lipinski definition) is 2. The molecule has 2 aromatic heterocycles. The van der Waals surface area contributed by atoms with Crippen LogP contribution in [0.3, 0.4) is 0 Å². The lowest BCUT2D eigenvalue weighted by Crippen LogP contribution is -2.13. The van der Waals surface area contributed by atoms with Crippen molar-refractivity contribution >= 4 is 55.5 Å². The Bertz CT molecular complexity index is 840. The van der Waals surface area contributed by atoms with Crippen LogP contribution in [0.4, 0.5) is 5.69 Å². The Morgan fingerprint density at radius 2 is 2.09 bits per heavy atom. The number of carbonyl (C=O) groups excluding carboxylic acids is 2. The van der Waals surface area contributed by atoms with E-state index >= 15 is 0 Å². The Balaban J connectivity index is 1.56. The van der Waals surface area contributed by atoms with Gasteiger partial charge in [0, 0.05) is 23.9 Å². The molecule has 2 N–H and O–H groups in total. The predicted molar refractivity (Wildman–Crippen MR) is 90.3 cm³/mol. The van der Waals surface area contributed by atoms with E-state index in [-0.39, 0.29) is 24.5 Å². The highest BCUT2D eigenvalue weighted by atomic mass is 79.9. The number of anilines is 1. The largest absolute Gasteiger partial charge is 0.326 e. The second kappa shape index (κ2) is 6.41. The van der Waals surface area contributed by atoms with Gasteiger partial charge in [-0.05, 0) is 46.3 Å². The maximum Gasteiger partial charge on any atom is 0.224 e. The number of fused-ring (bicyclic) bond motifs is 1. The molecule has 0 fully saturated rings. The minimum atomic E-state index is -0.178. The van der Waals surface area contributed by atoms with Gasteiger partial charge in [-0.25, -0.2) is 0 Å². The molecule has 112 valence electrons. The fourth-order valence-corrected chi connectivity index (χ4v) is 3.41. The van der Waals surface area contributed by atoms with Crippen molar-refractivity contribution in [1.82, 2.24) is 10.2 Å². The molecule has 1 amide bonds. The summed E-state index contributed by atoms with van der Waals surface area (Å²) in [5.74, 6) is -0.197. The van der Waals surface area contributed by atoms with Crippen LogP contribution in [0.25, 0.3) is 10.9 Å². The number of nitrogens with zero attached hydrogens (tertiary/aromatic N) is 1. The maximum atomic E-state index is 12.0. The quantitative estimate of drug-likeness (QED) is 0.660. The summed E-state index contributed by atoms with van der Waals surface area (Å²) in [4.78, 5) is 24.5. The van der Waals surface area contributed by atoms with E-state index in [0.717, 1.165) is 14.7 Å². The molecule has 0 aliphatic carbocycles. The van der Waals surface area contributed by atoms with E-state index in [1.54, 1.807) is 12.3 Å². The molecule has 0 radical (unpaired) electrons. The first kappa shape index (κ1) is 14.9. The highest BCUT2D eigenvalue weighted by molar-refractivity contribution is 9.11. The number of benzene rings is 1. The average molecular weight is 378 g/mol. The molecule has 3 aromatic rings. The topological polar surface area (TPSA) is 74.8 Å². The van der Waals surface area contributed by atoms with Gasteiger partial charge in [-0.2, -0.15) is 5.10 Å². The third-order valence-electron chi connectivity index (χ3n) is 3.15. The van der Waals surface area contributed by atoms with E-state index in [1.165, 1.54) is 11.3 Å². The van der Waals surface area contributed by atoms with E-state index in [0.29, 0.717) is 10.6 Å². The summed E-state index contributed by atoms with van der Waals surface area (Å²) < 4.78 is 0.910. The molecule has 7 heteroatoms. The number of hydrogen-bond acceptors (Lipinski definition) is 4. The van der Waals surface area contributed by atoms with Gasteiger partial charge in [0.1, 0.15) is 0 Å². The van der Waals surface area contributed by atoms with Crippen LogP contribution < -0.4 is 5.32 Å². The van der Waals surface area contributed by atoms with Crippen LogP contribution in [0.5, 0.6) is 0 Å². The van der Waals surface area contributed by atoms with Gasteiger partial charge in [0.15, 0.2) is 5.78 Å². The number of ketones is 1. The van der Waals surface area contributed by atoms with E-state index in [1.807, 2.05) is 24.3 Å². The van der Waals surface area contributed by atoms with Crippen molar-refractivity contribution in [3.8, 4) is 0 Å². The summed E-state index contributed by atoms with van der Waals surface area (Å²) >= 11 is 4.70. The third kappa shape index (κ3) is 3.42. The van der Waals surface area contributed by atoms with E-state index in [2.05, 4.69) is 31.4 Å². The first-order valence-electron chi connectivity index (χ1n) is 6.63. The van der Waals surface area contributed by atoms with Gasteiger partial charge in [0.05, 0.1) is 20.4 Å². The van der Waals surface area contributed by atoms with Gasteiger partial charge in [-0.1, -0.05) is 0 Å². The van der Waals surface area contributed by atoms with Gasteiger partial charge in [0.25, 0.3) is 0 Å². The number of Topliss-reactive ketones (excluding diaryl/α,β-unsaturated/α-hetero) is 1. The second-order valence-corrected chi connectivity index (χ2v) is 7.21. The molecule has 1 aromatic carbocycles. The van der Waals surface area contributed by atoms with Crippen molar-refractivity contribution in [2.75, 3.05) is 5.32 Å². The van der Waals surface area contributed by atoms with E-state index in [4.69, 9.17) is 0 Å². The molecule has 0 atom stereocenters. The monoisotopic (exact) mass is 377 g/mol. The number of aromatic amines is 1. The summed E-state index contributed by atoms with van der Waals surface area (Å²) in [5.41, 5.74) is 1.55. The first-order valence-corrected chi connectivity index (χ1v) is 8.24. The number of nitrogens with one attached hydrogen (secondary N) is 2. The minimum absolute atomic E-state index is 0.0186. The van der Waals surface area contributed by atoms with Crippen LogP contribution in [0.1, 0.15) is 22.5 Å². The summed E-state index contributed by atoms with van der Waals surface area (Å²) in [6.45, 7) is 0. The van der Waals surface area contributed by atoms with Crippen LogP contribution in [0.15, 0.2) is 40.3 Å². The number of amides is 1. The molecule has 0 aliphatic rings. The SMILES string of the molecule is O=C(CCC(=O)c1ccc(Br)s1)Nc1ccc2cn[nH]c2c1. The van der Waals surface area contributed by atoms with Gasteiger partial charge < -0.3 is 5.32 Å². The number of halogens is 1. The molecule has 0 spiro atoms. The Labute approximate surface area is 138 Å². The summed E-state index contributed by atoms with van der Waals surface area (Å²) in [5, 5.41) is 10.6. The Morgan fingerprint density at radius 1 is 1.23 bits per heavy atom. The smallest absolute Gasteiger partial charge is 0.224 e. The molecule has 5 nitrogen and oxygen atoms in total. The van der Waals surface area contributed by atoms with Crippen molar-refractivity contribution in [2.24, 2.45) is 0 Å². The Kier molecular flexibility index (Phi) is 4.35. The summed E-state index contributed by atoms with van der Waals surface area (Å²) in [6.07, 6.45) is 2.08. The van der Waals surface area contributed by atoms with Crippen LogP contribution >= 0.6 is 27.3 Å². The molecule has 22 heavy (non-hydrogen) atoms. The zero-order chi connectivity index (χ0) is 15.5. The lowest BCUT2D eigenvalue weighted by atomic mass is 10.2. The average Bonchev–Trinajstić information content (AvgIpc) is 3.13. The molecule has 2 heterocycles. The lowest BCUT2D eigenvalue weighted by molar-refractivity contribution is -0.116. The first-order chi connectivity index (χ1) is 10.6. The Morgan fingerprint density at radius 3 is 2.86 bits per heavy atom. The van der Waals surface area contributed by atoms with Crippen molar-refractivity contribution < 1.29 is 9.59 Å². The molecule has 0 saturated carbocycles. The van der Waals surface area contributed by atoms with Crippen molar-refractivity contribution in [2.45, 2.75) is 12.8 Å². The fourth-order valence-electron chi connectivity index (χ4n) is 2.05. The van der Waals surface area contributed by atoms with E-state index < -0.39 is 0 Å². The van der Waals surface area contributed by atoms with Crippen LogP contribution in [0.2, 0.25) is 0 Å². The zero-order valence-electron chi connectivity index (χ0n) is 11.4. The van der Waals surface area contributed by atoms with E-state index in [9.17, 15) is 9.59 Å². The highest BCUT2D eigenvalue weighted by Crippen LogP contribution is 2.23. The minimum Gasteiger partial charge on any atom is -0.326 e. The molecule has 0 aliphatic heterocycles. The second-order valence-electron chi connectivity index (χ2n) is 4.75. The summed E-state index contributed by atoms with van der Waals surface area (Å²) in [7, 11) is 0. The standard InChI is InChI=1S/C15H12BrN3O2S/c16-14-5-4-13(22-14)12(20)3-6-15(21)18-10-2-1-9-8-17-19-11(9)7-10/h1-2,4-5,7-8H,3,6H2,(H,17,19)(H,18,21). The highest BCUT2D eigenvalue weighted by Gasteiger charge is 2.11. The number of aromatic nitrogens is 2. The van der Waals surface area contributed by atoms with Crippen molar-refractivity contribution in [3.63, 3.8) is 0 Å². The maximum absolute atomic E-state index is 12.0. The predicted octanol–water partition coefficient (Wildman–Crippen LogP) is 3.99. The number of thiophene rings is 1. The van der Waals surface area contributed by atoms with Crippen LogP contribution in [-0.2, 0) is 4.79 Å².